The van der Waals surface area contributed by atoms with E-state index >= 15 is 0 Å². The summed E-state index contributed by atoms with van der Waals surface area (Å²) in [6.45, 7) is 8.60. The molecule has 0 aliphatic heterocycles. The largest absolute Gasteiger partial charge is 0.460 e. The summed E-state index contributed by atoms with van der Waals surface area (Å²) in [4.78, 5) is 11.3. The molecule has 0 radical (unpaired) electrons. The fourth-order valence-electron chi connectivity index (χ4n) is 1.06. The second-order valence-electron chi connectivity index (χ2n) is 4.96. The number of ether oxygens (including phenoxy) is 1. The van der Waals surface area contributed by atoms with Crippen LogP contribution in [0.2, 0.25) is 0 Å². The highest BCUT2D eigenvalue weighted by Gasteiger charge is 2.24. The van der Waals surface area contributed by atoms with E-state index in [2.05, 4.69) is 0 Å². The number of carbonyl (C=O) groups is 1. The van der Waals surface area contributed by atoms with Gasteiger partial charge in [-0.2, -0.15) is 0 Å². The second kappa shape index (κ2) is 5.47. The van der Waals surface area contributed by atoms with Crippen molar-refractivity contribution < 1.29 is 19.7 Å². The van der Waals surface area contributed by atoms with E-state index in [4.69, 9.17) is 4.74 Å². The lowest BCUT2D eigenvalue weighted by molar-refractivity contribution is -0.158. The summed E-state index contributed by atoms with van der Waals surface area (Å²) in [6.07, 6.45) is -1.58. The van der Waals surface area contributed by atoms with Crippen molar-refractivity contribution >= 4 is 5.97 Å². The Balaban J connectivity index is 4.08. The van der Waals surface area contributed by atoms with E-state index in [9.17, 15) is 15.0 Å². The molecule has 0 bridgehead atoms. The molecule has 0 saturated carbocycles. The smallest absolute Gasteiger partial charge is 0.308 e. The first-order chi connectivity index (χ1) is 6.63. The van der Waals surface area contributed by atoms with Crippen LogP contribution in [0.1, 0.15) is 41.0 Å². The van der Waals surface area contributed by atoms with Gasteiger partial charge in [0.25, 0.3) is 0 Å². The normalized spacial score (nSPS) is 18.1. The summed E-state index contributed by atoms with van der Waals surface area (Å²) in [5, 5.41) is 18.8. The molecule has 4 nitrogen and oxygen atoms in total. The number of aliphatic hydroxyl groups is 2. The summed E-state index contributed by atoms with van der Waals surface area (Å²) in [6, 6.07) is 0. The first kappa shape index (κ1) is 14.4. The maximum Gasteiger partial charge on any atom is 0.308 e. The van der Waals surface area contributed by atoms with Crippen molar-refractivity contribution in [3.63, 3.8) is 0 Å². The average Bonchev–Trinajstić information content (AvgIpc) is 1.98. The van der Waals surface area contributed by atoms with Crippen LogP contribution in [0.25, 0.3) is 0 Å². The third-order valence-corrected chi connectivity index (χ3v) is 2.16. The van der Waals surface area contributed by atoms with Gasteiger partial charge in [0.05, 0.1) is 18.6 Å². The van der Waals surface area contributed by atoms with Crippen LogP contribution in [-0.2, 0) is 9.53 Å². The van der Waals surface area contributed by atoms with Crippen LogP contribution in [0.4, 0.5) is 0 Å². The molecule has 0 aliphatic carbocycles. The molecule has 3 atom stereocenters. The van der Waals surface area contributed by atoms with Crippen molar-refractivity contribution in [1.82, 2.24) is 0 Å². The fourth-order valence-corrected chi connectivity index (χ4v) is 1.06. The minimum Gasteiger partial charge on any atom is -0.460 e. The lowest BCUT2D eigenvalue weighted by Gasteiger charge is -2.23. The van der Waals surface area contributed by atoms with Crippen molar-refractivity contribution in [3.05, 3.63) is 0 Å². The van der Waals surface area contributed by atoms with Crippen LogP contribution in [0, 0.1) is 5.92 Å². The molecule has 0 heterocycles. The molecule has 0 aromatic carbocycles. The van der Waals surface area contributed by atoms with Crippen molar-refractivity contribution in [1.29, 1.82) is 0 Å². The van der Waals surface area contributed by atoms with Crippen molar-refractivity contribution in [2.24, 2.45) is 5.92 Å². The summed E-state index contributed by atoms with van der Waals surface area (Å²) in [5.41, 5.74) is -0.537. The Morgan fingerprint density at radius 3 is 2.07 bits per heavy atom. The third-order valence-electron chi connectivity index (χ3n) is 2.16. The summed E-state index contributed by atoms with van der Waals surface area (Å²) in [5.74, 6) is -0.778. The Morgan fingerprint density at radius 2 is 1.73 bits per heavy atom. The quantitative estimate of drug-likeness (QED) is 0.693. The Labute approximate surface area is 91.3 Å². The van der Waals surface area contributed by atoms with Crippen LogP contribution < -0.4 is 0 Å². The molecule has 90 valence electrons. The summed E-state index contributed by atoms with van der Waals surface area (Å²) in [7, 11) is 0. The molecule has 0 aromatic rings. The molecule has 0 aromatic heterocycles. The molecule has 4 heteroatoms. The number of aliphatic hydroxyl groups excluding tert-OH is 2. The molecule has 0 fully saturated rings. The van der Waals surface area contributed by atoms with Gasteiger partial charge in [0, 0.05) is 5.92 Å². The van der Waals surface area contributed by atoms with E-state index in [1.165, 1.54) is 0 Å². The first-order valence-electron chi connectivity index (χ1n) is 5.21. The molecule has 2 N–H and O–H groups in total. The average molecular weight is 218 g/mol. The number of rotatable bonds is 4. The van der Waals surface area contributed by atoms with Gasteiger partial charge in [-0.25, -0.2) is 0 Å². The van der Waals surface area contributed by atoms with E-state index in [0.717, 1.165) is 0 Å². The zero-order valence-corrected chi connectivity index (χ0v) is 10.2. The van der Waals surface area contributed by atoms with Gasteiger partial charge in [0.15, 0.2) is 0 Å². The maximum absolute atomic E-state index is 11.3. The third kappa shape index (κ3) is 6.47. The second-order valence-corrected chi connectivity index (χ2v) is 4.96. The van der Waals surface area contributed by atoms with Crippen LogP contribution in [-0.4, -0.2) is 34.0 Å². The van der Waals surface area contributed by atoms with Crippen molar-refractivity contribution in [2.45, 2.75) is 58.8 Å². The van der Waals surface area contributed by atoms with Crippen LogP contribution in [0.15, 0.2) is 0 Å². The predicted octanol–water partition coefficient (Wildman–Crippen LogP) is 1.10. The number of hydrogen-bond acceptors (Lipinski definition) is 4. The van der Waals surface area contributed by atoms with Gasteiger partial charge in [0.2, 0.25) is 0 Å². The molecule has 0 rings (SSSR count). The highest BCUT2D eigenvalue weighted by molar-refractivity contribution is 5.70. The lowest BCUT2D eigenvalue weighted by atomic mass is 9.97. The predicted molar refractivity (Wildman–Crippen MR) is 57.3 cm³/mol. The van der Waals surface area contributed by atoms with Gasteiger partial charge >= 0.3 is 5.97 Å². The van der Waals surface area contributed by atoms with Gasteiger partial charge in [-0.1, -0.05) is 6.92 Å². The molecule has 15 heavy (non-hydrogen) atoms. The molecule has 0 spiro atoms. The zero-order chi connectivity index (χ0) is 12.2. The Kier molecular flexibility index (Phi) is 5.24. The molecular weight excluding hydrogens is 196 g/mol. The highest BCUT2D eigenvalue weighted by atomic mass is 16.6. The van der Waals surface area contributed by atoms with E-state index < -0.39 is 23.8 Å². The SMILES string of the molecule is CC(O)C(C)C(O)CC(=O)OC(C)(C)C. The maximum atomic E-state index is 11.3. The summed E-state index contributed by atoms with van der Waals surface area (Å²) < 4.78 is 5.06. The first-order valence-corrected chi connectivity index (χ1v) is 5.21. The topological polar surface area (TPSA) is 66.8 Å². The Bertz CT molecular complexity index is 205. The summed E-state index contributed by atoms with van der Waals surface area (Å²) >= 11 is 0. The van der Waals surface area contributed by atoms with Gasteiger partial charge in [-0.05, 0) is 27.7 Å². The van der Waals surface area contributed by atoms with Gasteiger partial charge < -0.3 is 14.9 Å². The van der Waals surface area contributed by atoms with Gasteiger partial charge in [-0.15, -0.1) is 0 Å². The van der Waals surface area contributed by atoms with Crippen LogP contribution >= 0.6 is 0 Å². The Hall–Kier alpha value is -0.610. The number of esters is 1. The molecule has 0 saturated heterocycles. The van der Waals surface area contributed by atoms with Gasteiger partial charge in [0.1, 0.15) is 5.60 Å². The monoisotopic (exact) mass is 218 g/mol. The molecular formula is C11H22O4. The van der Waals surface area contributed by atoms with Crippen molar-refractivity contribution in [3.8, 4) is 0 Å². The number of carbonyl (C=O) groups excluding carboxylic acids is 1. The minimum absolute atomic E-state index is 0.0800. The molecule has 3 unspecified atom stereocenters. The lowest BCUT2D eigenvalue weighted by Crippen LogP contribution is -2.32. The van der Waals surface area contributed by atoms with E-state index in [1.807, 2.05) is 0 Å². The zero-order valence-electron chi connectivity index (χ0n) is 10.2. The van der Waals surface area contributed by atoms with Crippen molar-refractivity contribution in [2.75, 3.05) is 0 Å². The molecule has 0 amide bonds. The minimum atomic E-state index is -0.861. The van der Waals surface area contributed by atoms with E-state index in [0.29, 0.717) is 0 Å². The Morgan fingerprint density at radius 1 is 1.27 bits per heavy atom. The van der Waals surface area contributed by atoms with E-state index in [1.54, 1.807) is 34.6 Å². The van der Waals surface area contributed by atoms with Gasteiger partial charge in [-0.3, -0.25) is 4.79 Å². The van der Waals surface area contributed by atoms with Crippen LogP contribution in [0.3, 0.4) is 0 Å². The highest BCUT2D eigenvalue weighted by Crippen LogP contribution is 2.15. The van der Waals surface area contributed by atoms with Crippen LogP contribution in [0.5, 0.6) is 0 Å². The molecule has 0 aliphatic rings. The fraction of sp³-hybridized carbons (Fsp3) is 0.909. The standard InChI is InChI=1S/C11H22O4/c1-7(8(2)12)9(13)6-10(14)15-11(3,4)5/h7-9,12-13H,6H2,1-5H3. The number of hydrogen-bond donors (Lipinski definition) is 2. The van der Waals surface area contributed by atoms with E-state index in [-0.39, 0.29) is 12.3 Å².